The highest BCUT2D eigenvalue weighted by Crippen LogP contribution is 2.35. The average Bonchev–Trinajstić information content (AvgIpc) is 2.96. The van der Waals surface area contributed by atoms with Crippen LogP contribution in [-0.2, 0) is 16.8 Å². The van der Waals surface area contributed by atoms with Crippen molar-refractivity contribution in [2.24, 2.45) is 4.99 Å². The Morgan fingerprint density at radius 1 is 1.12 bits per heavy atom. The van der Waals surface area contributed by atoms with Crippen LogP contribution in [0.25, 0.3) is 0 Å². The predicted molar refractivity (Wildman–Crippen MR) is 101 cm³/mol. The van der Waals surface area contributed by atoms with Gasteiger partial charge in [0.2, 0.25) is 0 Å². The molecule has 136 valence electrons. The quantitative estimate of drug-likeness (QED) is 0.843. The maximum absolute atomic E-state index is 5.88. The number of rotatable bonds is 3. The van der Waals surface area contributed by atoms with Gasteiger partial charge in [-0.1, -0.05) is 19.9 Å². The predicted octanol–water partition coefficient (Wildman–Crippen LogP) is 3.70. The lowest BCUT2D eigenvalue weighted by Crippen LogP contribution is -2.30. The molecule has 0 N–H and O–H groups in total. The van der Waals surface area contributed by atoms with Gasteiger partial charge in [-0.25, -0.2) is 9.97 Å². The summed E-state index contributed by atoms with van der Waals surface area (Å²) < 4.78 is 11.5. The first-order chi connectivity index (χ1) is 12.3. The first kappa shape index (κ1) is 17.0. The molecule has 2 aliphatic rings. The maximum Gasteiger partial charge on any atom is 0.322 e. The number of aromatic nitrogens is 2. The Kier molecular flexibility index (Phi) is 3.95. The molecule has 2 aromatic rings. The summed E-state index contributed by atoms with van der Waals surface area (Å²) in [7, 11) is 0. The molecule has 4 rings (SSSR count). The zero-order valence-electron chi connectivity index (χ0n) is 15.7. The minimum atomic E-state index is -0.0746. The van der Waals surface area contributed by atoms with Crippen LogP contribution in [0.1, 0.15) is 38.8 Å². The molecule has 0 unspecified atom stereocenters. The van der Waals surface area contributed by atoms with E-state index in [0.29, 0.717) is 19.2 Å². The van der Waals surface area contributed by atoms with E-state index in [-0.39, 0.29) is 11.0 Å². The van der Waals surface area contributed by atoms with Crippen LogP contribution < -0.4 is 9.64 Å². The van der Waals surface area contributed by atoms with E-state index in [4.69, 9.17) is 9.47 Å². The summed E-state index contributed by atoms with van der Waals surface area (Å²) in [6, 6.07) is 6.42. The number of hydrogen-bond acceptors (Lipinski definition) is 6. The van der Waals surface area contributed by atoms with E-state index in [1.807, 2.05) is 17.3 Å². The molecule has 0 saturated heterocycles. The minimum absolute atomic E-state index is 0.0282. The van der Waals surface area contributed by atoms with Crippen LogP contribution >= 0.6 is 0 Å². The minimum Gasteiger partial charge on any atom is -0.424 e. The third-order valence-corrected chi connectivity index (χ3v) is 4.79. The molecule has 0 fully saturated rings. The van der Waals surface area contributed by atoms with Crippen molar-refractivity contribution in [2.75, 3.05) is 18.1 Å². The molecule has 0 atom stereocenters. The summed E-state index contributed by atoms with van der Waals surface area (Å²) in [4.78, 5) is 15.2. The van der Waals surface area contributed by atoms with Crippen molar-refractivity contribution >= 4 is 12.0 Å². The number of nitrogens with zero attached hydrogens (tertiary/aromatic N) is 4. The van der Waals surface area contributed by atoms with E-state index in [1.54, 1.807) is 12.4 Å². The van der Waals surface area contributed by atoms with Gasteiger partial charge >= 0.3 is 6.01 Å². The molecular weight excluding hydrogens is 328 g/mol. The topological polar surface area (TPSA) is 59.8 Å². The van der Waals surface area contributed by atoms with Gasteiger partial charge in [-0.05, 0) is 37.1 Å². The highest BCUT2D eigenvalue weighted by Gasteiger charge is 2.29. The molecule has 0 amide bonds. The number of aliphatic imine (C=N–C) groups is 1. The van der Waals surface area contributed by atoms with Crippen molar-refractivity contribution in [1.29, 1.82) is 0 Å². The van der Waals surface area contributed by atoms with Crippen LogP contribution in [0.2, 0.25) is 0 Å². The molecule has 0 radical (unpaired) electrons. The van der Waals surface area contributed by atoms with Crippen molar-refractivity contribution in [3.63, 3.8) is 0 Å². The number of anilines is 1. The Balaban J connectivity index is 1.51. The second-order valence-corrected chi connectivity index (χ2v) is 8.21. The Morgan fingerprint density at radius 2 is 1.88 bits per heavy atom. The molecule has 6 nitrogen and oxygen atoms in total. The van der Waals surface area contributed by atoms with Gasteiger partial charge in [0, 0.05) is 12.0 Å². The zero-order valence-corrected chi connectivity index (χ0v) is 15.7. The molecular formula is C20H24N4O2. The van der Waals surface area contributed by atoms with Gasteiger partial charge < -0.3 is 14.4 Å². The first-order valence-corrected chi connectivity index (χ1v) is 8.86. The van der Waals surface area contributed by atoms with Crippen LogP contribution in [0.15, 0.2) is 35.6 Å². The molecule has 1 aromatic carbocycles. The van der Waals surface area contributed by atoms with Gasteiger partial charge in [0.05, 0.1) is 43.2 Å². The third kappa shape index (κ3) is 3.29. The van der Waals surface area contributed by atoms with E-state index in [1.165, 1.54) is 11.1 Å². The molecule has 2 aliphatic heterocycles. The normalized spacial score (nSPS) is 20.1. The van der Waals surface area contributed by atoms with Gasteiger partial charge in [-0.15, -0.1) is 0 Å². The van der Waals surface area contributed by atoms with Crippen molar-refractivity contribution < 1.29 is 9.47 Å². The standard InChI is InChI=1S/C20H24N4O2/c1-19(2)12-25-10-14-5-6-16(7-17(14)19)26-18-21-8-15(9-22-18)24-11-20(3,4)23-13-24/h5-9,13H,10-12H2,1-4H3. The monoisotopic (exact) mass is 352 g/mol. The Labute approximate surface area is 153 Å². The van der Waals surface area contributed by atoms with Gasteiger partial charge in [0.15, 0.2) is 0 Å². The number of hydrogen-bond donors (Lipinski definition) is 0. The van der Waals surface area contributed by atoms with Gasteiger partial charge in [0.25, 0.3) is 0 Å². The van der Waals surface area contributed by atoms with Crippen LogP contribution in [0.4, 0.5) is 5.69 Å². The highest BCUT2D eigenvalue weighted by atomic mass is 16.5. The molecule has 6 heteroatoms. The Bertz CT molecular complexity index is 843. The summed E-state index contributed by atoms with van der Waals surface area (Å²) in [5.74, 6) is 0.746. The molecule has 0 saturated carbocycles. The summed E-state index contributed by atoms with van der Waals surface area (Å²) in [6.45, 7) is 10.7. The smallest absolute Gasteiger partial charge is 0.322 e. The summed E-state index contributed by atoms with van der Waals surface area (Å²) in [5.41, 5.74) is 3.28. The number of benzene rings is 1. The van der Waals surface area contributed by atoms with Crippen molar-refractivity contribution in [3.05, 3.63) is 41.7 Å². The Morgan fingerprint density at radius 3 is 2.58 bits per heavy atom. The first-order valence-electron chi connectivity index (χ1n) is 8.86. The van der Waals surface area contributed by atoms with E-state index in [0.717, 1.165) is 18.0 Å². The molecule has 0 aliphatic carbocycles. The average molecular weight is 352 g/mol. The van der Waals surface area contributed by atoms with E-state index < -0.39 is 0 Å². The molecule has 3 heterocycles. The highest BCUT2D eigenvalue weighted by molar-refractivity contribution is 5.81. The fraction of sp³-hybridized carbons (Fsp3) is 0.450. The molecule has 0 spiro atoms. The second-order valence-electron chi connectivity index (χ2n) is 8.21. The molecule has 1 aromatic heterocycles. The largest absolute Gasteiger partial charge is 0.424 e. The van der Waals surface area contributed by atoms with Crippen molar-refractivity contribution in [3.8, 4) is 11.8 Å². The summed E-state index contributed by atoms with van der Waals surface area (Å²) in [5, 5.41) is 0. The number of ether oxygens (including phenoxy) is 2. The lowest BCUT2D eigenvalue weighted by atomic mass is 9.81. The van der Waals surface area contributed by atoms with Crippen LogP contribution in [0.5, 0.6) is 11.8 Å². The molecule has 26 heavy (non-hydrogen) atoms. The van der Waals surface area contributed by atoms with E-state index in [9.17, 15) is 0 Å². The van der Waals surface area contributed by atoms with Crippen LogP contribution in [-0.4, -0.2) is 35.0 Å². The van der Waals surface area contributed by atoms with Crippen molar-refractivity contribution in [2.45, 2.75) is 45.3 Å². The maximum atomic E-state index is 5.88. The SMILES string of the molecule is CC1(C)CN(c2cnc(Oc3ccc4c(c3)C(C)(C)COC4)nc2)C=N1. The fourth-order valence-corrected chi connectivity index (χ4v) is 3.37. The lowest BCUT2D eigenvalue weighted by Gasteiger charge is -2.32. The number of fused-ring (bicyclic) bond motifs is 1. The fourth-order valence-electron chi connectivity index (χ4n) is 3.37. The molecule has 0 bridgehead atoms. The van der Waals surface area contributed by atoms with Gasteiger partial charge in [-0.3, -0.25) is 4.99 Å². The van der Waals surface area contributed by atoms with E-state index in [2.05, 4.69) is 54.8 Å². The summed E-state index contributed by atoms with van der Waals surface area (Å²) >= 11 is 0. The van der Waals surface area contributed by atoms with Crippen LogP contribution in [0.3, 0.4) is 0 Å². The zero-order chi connectivity index (χ0) is 18.4. The van der Waals surface area contributed by atoms with E-state index >= 15 is 0 Å². The van der Waals surface area contributed by atoms with Crippen LogP contribution in [0, 0.1) is 0 Å². The summed E-state index contributed by atoms with van der Waals surface area (Å²) in [6.07, 6.45) is 5.38. The second kappa shape index (κ2) is 6.06. The third-order valence-electron chi connectivity index (χ3n) is 4.79. The Hall–Kier alpha value is -2.47. The van der Waals surface area contributed by atoms with Gasteiger partial charge in [0.1, 0.15) is 5.75 Å². The lowest BCUT2D eigenvalue weighted by molar-refractivity contribution is 0.0640. The van der Waals surface area contributed by atoms with Crippen molar-refractivity contribution in [1.82, 2.24) is 9.97 Å². The van der Waals surface area contributed by atoms with Gasteiger partial charge in [-0.2, -0.15) is 0 Å².